The molecule has 0 aliphatic rings. The Morgan fingerprint density at radius 2 is 2.05 bits per heavy atom. The number of carbonyl (C=O) groups is 1. The minimum atomic E-state index is -0.0412. The van der Waals surface area contributed by atoms with Gasteiger partial charge in [-0.2, -0.15) is 10.1 Å². The molecule has 0 unspecified atom stereocenters. The number of aryl methyl sites for hydroxylation is 1. The molecule has 0 aliphatic carbocycles. The summed E-state index contributed by atoms with van der Waals surface area (Å²) >= 11 is 0. The second-order valence-electron chi connectivity index (χ2n) is 4.69. The van der Waals surface area contributed by atoms with E-state index in [9.17, 15) is 4.79 Å². The lowest BCUT2D eigenvalue weighted by Crippen LogP contribution is -2.24. The van der Waals surface area contributed by atoms with Crippen molar-refractivity contribution in [3.63, 3.8) is 0 Å². The van der Waals surface area contributed by atoms with Crippen LogP contribution in [-0.2, 0) is 6.42 Å². The van der Waals surface area contributed by atoms with Gasteiger partial charge in [0.2, 0.25) is 0 Å². The van der Waals surface area contributed by atoms with Crippen molar-refractivity contribution < 1.29 is 4.79 Å². The van der Waals surface area contributed by atoms with Crippen molar-refractivity contribution in [3.8, 4) is 0 Å². The quantitative estimate of drug-likeness (QED) is 0.719. The molecule has 3 aromatic rings. The number of nitrogens with one attached hydrogen (secondary N) is 1. The molecule has 1 amide bonds. The smallest absolute Gasteiger partial charge is 0.252 e. The second-order valence-corrected chi connectivity index (χ2v) is 4.69. The molecule has 0 atom stereocenters. The van der Waals surface area contributed by atoms with Crippen LogP contribution < -0.4 is 5.32 Å². The van der Waals surface area contributed by atoms with Crippen LogP contribution in [0.5, 0.6) is 0 Å². The number of amides is 1. The molecule has 1 N–H and O–H groups in total. The third kappa shape index (κ3) is 3.22. The maximum absolute atomic E-state index is 11.9. The highest BCUT2D eigenvalue weighted by Gasteiger charge is 2.03. The first-order valence-corrected chi connectivity index (χ1v) is 6.80. The summed E-state index contributed by atoms with van der Waals surface area (Å²) in [7, 11) is 0. The summed E-state index contributed by atoms with van der Waals surface area (Å²) in [5.41, 5.74) is 1.75. The first kappa shape index (κ1) is 13.2. The molecular weight excluding hydrogens is 266 g/mol. The Bertz CT molecular complexity index is 738. The van der Waals surface area contributed by atoms with Crippen molar-refractivity contribution in [2.24, 2.45) is 0 Å². The first-order chi connectivity index (χ1) is 10.3. The topological polar surface area (TPSA) is 72.2 Å². The number of carbonyl (C=O) groups excluding carboxylic acids is 1. The third-order valence-corrected chi connectivity index (χ3v) is 3.15. The first-order valence-electron chi connectivity index (χ1n) is 6.80. The van der Waals surface area contributed by atoms with Gasteiger partial charge in [-0.3, -0.25) is 4.79 Å². The zero-order chi connectivity index (χ0) is 14.5. The van der Waals surface area contributed by atoms with E-state index in [2.05, 4.69) is 20.4 Å². The van der Waals surface area contributed by atoms with Gasteiger partial charge in [-0.25, -0.2) is 9.50 Å². The largest absolute Gasteiger partial charge is 0.352 e. The fourth-order valence-corrected chi connectivity index (χ4v) is 2.07. The third-order valence-electron chi connectivity index (χ3n) is 3.15. The molecule has 0 spiro atoms. The van der Waals surface area contributed by atoms with Gasteiger partial charge in [-0.15, -0.1) is 0 Å². The van der Waals surface area contributed by atoms with Crippen LogP contribution in [-0.4, -0.2) is 32.0 Å². The molecule has 3 rings (SSSR count). The van der Waals surface area contributed by atoms with Crippen LogP contribution in [0.15, 0.2) is 49.1 Å². The molecule has 0 radical (unpaired) electrons. The minimum absolute atomic E-state index is 0.0412. The molecule has 6 heteroatoms. The predicted molar refractivity (Wildman–Crippen MR) is 77.9 cm³/mol. The fourth-order valence-electron chi connectivity index (χ4n) is 2.07. The molecule has 21 heavy (non-hydrogen) atoms. The van der Waals surface area contributed by atoms with Gasteiger partial charge >= 0.3 is 0 Å². The van der Waals surface area contributed by atoms with Crippen LogP contribution >= 0.6 is 0 Å². The Morgan fingerprint density at radius 3 is 2.90 bits per heavy atom. The van der Waals surface area contributed by atoms with E-state index in [-0.39, 0.29) is 5.91 Å². The summed E-state index contributed by atoms with van der Waals surface area (Å²) < 4.78 is 1.65. The van der Waals surface area contributed by atoms with Crippen molar-refractivity contribution in [2.75, 3.05) is 6.54 Å². The average molecular weight is 281 g/mol. The molecule has 2 aromatic heterocycles. The van der Waals surface area contributed by atoms with E-state index in [1.54, 1.807) is 22.8 Å². The Labute approximate surface area is 121 Å². The lowest BCUT2D eigenvalue weighted by Gasteiger charge is -2.05. The predicted octanol–water partition coefficient (Wildman–Crippen LogP) is 1.49. The van der Waals surface area contributed by atoms with E-state index < -0.39 is 0 Å². The van der Waals surface area contributed by atoms with Crippen molar-refractivity contribution in [3.05, 3.63) is 60.2 Å². The maximum Gasteiger partial charge on any atom is 0.252 e. The molecular formula is C15H15N5O. The van der Waals surface area contributed by atoms with E-state index in [4.69, 9.17) is 0 Å². The van der Waals surface area contributed by atoms with Crippen molar-refractivity contribution >= 4 is 11.7 Å². The highest BCUT2D eigenvalue weighted by Crippen LogP contribution is 2.03. The summed E-state index contributed by atoms with van der Waals surface area (Å²) in [5.74, 6) is 0.552. The van der Waals surface area contributed by atoms with Crippen molar-refractivity contribution in [1.29, 1.82) is 0 Å². The van der Waals surface area contributed by atoms with Gasteiger partial charge in [0.1, 0.15) is 6.33 Å². The van der Waals surface area contributed by atoms with E-state index in [1.165, 1.54) is 6.33 Å². The van der Waals surface area contributed by atoms with Gasteiger partial charge in [0.05, 0.1) is 0 Å². The number of benzene rings is 1. The Morgan fingerprint density at radius 1 is 1.19 bits per heavy atom. The molecule has 6 nitrogen and oxygen atoms in total. The van der Waals surface area contributed by atoms with Gasteiger partial charge in [-0.1, -0.05) is 18.2 Å². The zero-order valence-electron chi connectivity index (χ0n) is 11.4. The van der Waals surface area contributed by atoms with Gasteiger partial charge in [0, 0.05) is 24.5 Å². The molecule has 0 saturated heterocycles. The Kier molecular flexibility index (Phi) is 3.86. The van der Waals surface area contributed by atoms with E-state index in [0.29, 0.717) is 17.9 Å². The summed E-state index contributed by atoms with van der Waals surface area (Å²) in [6.45, 7) is 0.628. The number of hydrogen-bond acceptors (Lipinski definition) is 4. The minimum Gasteiger partial charge on any atom is -0.352 e. The standard InChI is InChI=1S/C15H15N5O/c21-14(13-6-2-1-3-7-13)16-8-4-5-12-9-17-15-18-11-19-20(15)10-12/h1-3,6-7,9-11H,4-5,8H2,(H,16,21). The Balaban J connectivity index is 1.49. The van der Waals surface area contributed by atoms with Gasteiger partial charge in [0.25, 0.3) is 11.7 Å². The van der Waals surface area contributed by atoms with Gasteiger partial charge in [-0.05, 0) is 30.5 Å². The lowest BCUT2D eigenvalue weighted by molar-refractivity contribution is 0.0953. The molecule has 106 valence electrons. The summed E-state index contributed by atoms with van der Waals surface area (Å²) in [6, 6.07) is 9.21. The van der Waals surface area contributed by atoms with Crippen LogP contribution in [0.25, 0.3) is 5.78 Å². The molecule has 1 aromatic carbocycles. The average Bonchev–Trinajstić information content (AvgIpc) is 3.00. The normalized spacial score (nSPS) is 10.7. The summed E-state index contributed by atoms with van der Waals surface area (Å²) in [5, 5.41) is 6.96. The van der Waals surface area contributed by atoms with Crippen LogP contribution in [0.4, 0.5) is 0 Å². The molecule has 0 fully saturated rings. The van der Waals surface area contributed by atoms with Crippen LogP contribution in [0.3, 0.4) is 0 Å². The molecule has 2 heterocycles. The van der Waals surface area contributed by atoms with Crippen LogP contribution in [0, 0.1) is 0 Å². The fraction of sp³-hybridized carbons (Fsp3) is 0.200. The number of fused-ring (bicyclic) bond motifs is 1. The van der Waals surface area contributed by atoms with Gasteiger partial charge < -0.3 is 5.32 Å². The van der Waals surface area contributed by atoms with Crippen molar-refractivity contribution in [1.82, 2.24) is 24.9 Å². The molecule has 0 saturated carbocycles. The van der Waals surface area contributed by atoms with E-state index >= 15 is 0 Å². The van der Waals surface area contributed by atoms with E-state index in [1.807, 2.05) is 24.4 Å². The zero-order valence-corrected chi connectivity index (χ0v) is 11.4. The number of hydrogen-bond donors (Lipinski definition) is 1. The molecule has 0 aliphatic heterocycles. The van der Waals surface area contributed by atoms with E-state index in [0.717, 1.165) is 18.4 Å². The number of rotatable bonds is 5. The highest BCUT2D eigenvalue weighted by molar-refractivity contribution is 5.94. The maximum atomic E-state index is 11.9. The van der Waals surface area contributed by atoms with Crippen LogP contribution in [0.2, 0.25) is 0 Å². The summed E-state index contributed by atoms with van der Waals surface area (Å²) in [6.07, 6.45) is 6.86. The number of aromatic nitrogens is 4. The summed E-state index contributed by atoms with van der Waals surface area (Å²) in [4.78, 5) is 20.1. The molecule has 0 bridgehead atoms. The second kappa shape index (κ2) is 6.13. The number of nitrogens with zero attached hydrogens (tertiary/aromatic N) is 4. The monoisotopic (exact) mass is 281 g/mol. The Hall–Kier alpha value is -2.76. The van der Waals surface area contributed by atoms with Crippen molar-refractivity contribution in [2.45, 2.75) is 12.8 Å². The van der Waals surface area contributed by atoms with Crippen LogP contribution in [0.1, 0.15) is 22.3 Å². The lowest BCUT2D eigenvalue weighted by atomic mass is 10.2. The van der Waals surface area contributed by atoms with Gasteiger partial charge in [0.15, 0.2) is 0 Å². The highest BCUT2D eigenvalue weighted by atomic mass is 16.1. The SMILES string of the molecule is O=C(NCCCc1cnc2ncnn2c1)c1ccccc1.